The lowest BCUT2D eigenvalue weighted by Gasteiger charge is -2.45. The van der Waals surface area contributed by atoms with Crippen LogP contribution >= 0.6 is 0 Å². The number of benzene rings is 2. The normalized spacial score (nSPS) is 21.9. The van der Waals surface area contributed by atoms with Gasteiger partial charge in [0, 0.05) is 5.54 Å². The van der Waals surface area contributed by atoms with Gasteiger partial charge in [-0.15, -0.1) is 0 Å². The van der Waals surface area contributed by atoms with Crippen molar-refractivity contribution in [1.29, 1.82) is 0 Å². The molecule has 0 bridgehead atoms. The van der Waals surface area contributed by atoms with Crippen molar-refractivity contribution in [3.05, 3.63) is 59.2 Å². The summed E-state index contributed by atoms with van der Waals surface area (Å²) >= 11 is 0. The Bertz CT molecular complexity index is 1240. The third-order valence-corrected chi connectivity index (χ3v) is 7.61. The summed E-state index contributed by atoms with van der Waals surface area (Å²) in [6, 6.07) is 11.0. The van der Waals surface area contributed by atoms with Crippen LogP contribution in [0, 0.1) is 11.8 Å². The molecule has 5 rings (SSSR count). The fraction of sp³-hybridized carbons (Fsp3) is 0.516. The van der Waals surface area contributed by atoms with Crippen LogP contribution in [0.3, 0.4) is 0 Å². The maximum Gasteiger partial charge on any atom is 0.247 e. The van der Waals surface area contributed by atoms with Crippen LogP contribution in [0.1, 0.15) is 63.8 Å². The Kier molecular flexibility index (Phi) is 7.31. The number of amides is 3. The first-order valence-corrected chi connectivity index (χ1v) is 13.9. The minimum absolute atomic E-state index is 0.0760. The quantitative estimate of drug-likeness (QED) is 0.592. The molecular weight excluding hydrogens is 494 g/mol. The molecule has 1 saturated heterocycles. The van der Waals surface area contributed by atoms with Gasteiger partial charge in [-0.1, -0.05) is 44.2 Å². The Hall–Kier alpha value is -3.55. The molecule has 2 heterocycles. The summed E-state index contributed by atoms with van der Waals surface area (Å²) in [6.07, 6.45) is 1.86. The number of nitrogens with one attached hydrogen (secondary N) is 2. The highest BCUT2D eigenvalue weighted by Crippen LogP contribution is 2.38. The Labute approximate surface area is 230 Å². The SMILES string of the molecule is CC(C)C[C@@H]1C(=O)N[C@H](C2Cc3ccccc3C2)C(=O)N1[C@@H](C(=O)NC(C)(C)C)c1ccc2c(c1)OCCO2. The third-order valence-electron chi connectivity index (χ3n) is 7.61. The molecule has 2 N–H and O–H groups in total. The highest BCUT2D eigenvalue weighted by atomic mass is 16.6. The molecule has 1 aliphatic carbocycles. The monoisotopic (exact) mass is 533 g/mol. The number of hydrogen-bond acceptors (Lipinski definition) is 5. The average molecular weight is 534 g/mol. The number of carbonyl (C=O) groups excluding carboxylic acids is 3. The van der Waals surface area contributed by atoms with Crippen LogP contribution < -0.4 is 20.1 Å². The van der Waals surface area contributed by atoms with Crippen molar-refractivity contribution in [2.24, 2.45) is 11.8 Å². The summed E-state index contributed by atoms with van der Waals surface area (Å²) < 4.78 is 11.5. The van der Waals surface area contributed by atoms with Crippen LogP contribution in [0.25, 0.3) is 0 Å². The predicted octanol–water partition coefficient (Wildman–Crippen LogP) is 3.57. The van der Waals surface area contributed by atoms with E-state index in [1.54, 1.807) is 23.1 Å². The van der Waals surface area contributed by atoms with E-state index in [1.807, 2.05) is 46.8 Å². The lowest BCUT2D eigenvalue weighted by molar-refractivity contribution is -0.158. The number of hydrogen-bond donors (Lipinski definition) is 2. The van der Waals surface area contributed by atoms with E-state index in [0.717, 1.165) is 0 Å². The first kappa shape index (κ1) is 27.0. The summed E-state index contributed by atoms with van der Waals surface area (Å²) in [5.74, 6) is 0.428. The molecule has 0 radical (unpaired) electrons. The fourth-order valence-electron chi connectivity index (χ4n) is 5.98. The van der Waals surface area contributed by atoms with Crippen LogP contribution in [0.15, 0.2) is 42.5 Å². The standard InChI is InChI=1S/C31H39N3O5/c1-18(2)14-23-28(35)32-26(22-15-19-8-6-7-9-20(19)16-22)30(37)34(23)27(29(36)33-31(3,4)5)21-10-11-24-25(17-21)39-13-12-38-24/h6-11,17-18,22-23,26-27H,12-16H2,1-5H3,(H,32,35)(H,33,36)/t23-,26-,27-/m1/s1. The minimum atomic E-state index is -1.01. The fourth-order valence-corrected chi connectivity index (χ4v) is 5.98. The molecule has 208 valence electrons. The van der Waals surface area contributed by atoms with E-state index in [9.17, 15) is 14.4 Å². The molecule has 3 atom stereocenters. The van der Waals surface area contributed by atoms with Crippen molar-refractivity contribution in [3.63, 3.8) is 0 Å². The summed E-state index contributed by atoms with van der Waals surface area (Å²) in [5.41, 5.74) is 2.46. The number of nitrogens with zero attached hydrogens (tertiary/aromatic N) is 1. The van der Waals surface area contributed by atoms with Crippen LogP contribution in [-0.2, 0) is 27.2 Å². The van der Waals surface area contributed by atoms with Crippen molar-refractivity contribution in [2.75, 3.05) is 13.2 Å². The molecule has 2 aliphatic heterocycles. The Balaban J connectivity index is 1.57. The summed E-state index contributed by atoms with van der Waals surface area (Å²) in [6.45, 7) is 10.6. The number of ether oxygens (including phenoxy) is 2. The third kappa shape index (κ3) is 5.60. The van der Waals surface area contributed by atoms with Gasteiger partial charge in [0.2, 0.25) is 17.7 Å². The number of piperazine rings is 1. The van der Waals surface area contributed by atoms with Crippen LogP contribution in [-0.4, -0.2) is 53.5 Å². The van der Waals surface area contributed by atoms with Gasteiger partial charge in [-0.2, -0.15) is 0 Å². The summed E-state index contributed by atoms with van der Waals surface area (Å²) in [5, 5.41) is 6.13. The minimum Gasteiger partial charge on any atom is -0.486 e. The second-order valence-electron chi connectivity index (χ2n) is 12.4. The molecule has 3 aliphatic rings. The zero-order chi connectivity index (χ0) is 27.9. The number of carbonyl (C=O) groups is 3. The van der Waals surface area contributed by atoms with E-state index in [0.29, 0.717) is 49.5 Å². The van der Waals surface area contributed by atoms with Gasteiger partial charge in [-0.25, -0.2) is 0 Å². The van der Waals surface area contributed by atoms with Gasteiger partial charge in [0.25, 0.3) is 0 Å². The second-order valence-corrected chi connectivity index (χ2v) is 12.4. The molecule has 0 spiro atoms. The zero-order valence-corrected chi connectivity index (χ0v) is 23.5. The van der Waals surface area contributed by atoms with Crippen LogP contribution in [0.2, 0.25) is 0 Å². The predicted molar refractivity (Wildman–Crippen MR) is 147 cm³/mol. The van der Waals surface area contributed by atoms with E-state index >= 15 is 0 Å². The lowest BCUT2D eigenvalue weighted by Crippen LogP contribution is -2.67. The topological polar surface area (TPSA) is 97.0 Å². The zero-order valence-electron chi connectivity index (χ0n) is 23.5. The first-order chi connectivity index (χ1) is 18.5. The van der Waals surface area contributed by atoms with Crippen molar-refractivity contribution in [1.82, 2.24) is 15.5 Å². The van der Waals surface area contributed by atoms with Gasteiger partial charge < -0.3 is 25.0 Å². The van der Waals surface area contributed by atoms with Crippen molar-refractivity contribution < 1.29 is 23.9 Å². The van der Waals surface area contributed by atoms with Crippen LogP contribution in [0.5, 0.6) is 11.5 Å². The molecule has 39 heavy (non-hydrogen) atoms. The molecule has 0 aromatic heterocycles. The lowest BCUT2D eigenvalue weighted by atomic mass is 9.87. The Morgan fingerprint density at radius 2 is 1.67 bits per heavy atom. The van der Waals surface area contributed by atoms with Crippen molar-refractivity contribution in [2.45, 2.75) is 77.5 Å². The van der Waals surface area contributed by atoms with Gasteiger partial charge in [-0.3, -0.25) is 14.4 Å². The highest BCUT2D eigenvalue weighted by Gasteiger charge is 2.49. The van der Waals surface area contributed by atoms with E-state index < -0.39 is 23.7 Å². The van der Waals surface area contributed by atoms with Crippen molar-refractivity contribution >= 4 is 17.7 Å². The first-order valence-electron chi connectivity index (χ1n) is 13.9. The molecular formula is C31H39N3O5. The maximum absolute atomic E-state index is 14.4. The van der Waals surface area contributed by atoms with Gasteiger partial charge in [0.1, 0.15) is 31.3 Å². The second kappa shape index (κ2) is 10.5. The summed E-state index contributed by atoms with van der Waals surface area (Å²) in [4.78, 5) is 43.7. The molecule has 2 aromatic rings. The van der Waals surface area contributed by atoms with E-state index in [1.165, 1.54) is 11.1 Å². The van der Waals surface area contributed by atoms with Crippen molar-refractivity contribution in [3.8, 4) is 11.5 Å². The van der Waals surface area contributed by atoms with Crippen LogP contribution in [0.4, 0.5) is 0 Å². The molecule has 0 unspecified atom stereocenters. The summed E-state index contributed by atoms with van der Waals surface area (Å²) in [7, 11) is 0. The molecule has 0 saturated carbocycles. The van der Waals surface area contributed by atoms with E-state index in [4.69, 9.17) is 9.47 Å². The molecule has 2 aromatic carbocycles. The van der Waals surface area contributed by atoms with Gasteiger partial charge in [-0.05, 0) is 80.7 Å². The molecule has 1 fully saturated rings. The van der Waals surface area contributed by atoms with E-state index in [2.05, 4.69) is 22.8 Å². The van der Waals surface area contributed by atoms with Gasteiger partial charge >= 0.3 is 0 Å². The highest BCUT2D eigenvalue weighted by molar-refractivity contribution is 6.00. The average Bonchev–Trinajstić information content (AvgIpc) is 3.30. The number of fused-ring (bicyclic) bond motifs is 2. The van der Waals surface area contributed by atoms with Gasteiger partial charge in [0.05, 0.1) is 0 Å². The maximum atomic E-state index is 14.4. The van der Waals surface area contributed by atoms with Gasteiger partial charge in [0.15, 0.2) is 11.5 Å². The number of rotatable bonds is 6. The molecule has 3 amide bonds. The Morgan fingerprint density at radius 1 is 1.03 bits per heavy atom. The molecule has 8 nitrogen and oxygen atoms in total. The Morgan fingerprint density at radius 3 is 2.28 bits per heavy atom. The smallest absolute Gasteiger partial charge is 0.247 e. The van der Waals surface area contributed by atoms with E-state index in [-0.39, 0.29) is 29.6 Å². The molecule has 8 heteroatoms. The largest absolute Gasteiger partial charge is 0.486 e.